The molecular weight excluding hydrogens is 300 g/mol. The van der Waals surface area contributed by atoms with Gasteiger partial charge in [0.15, 0.2) is 0 Å². The van der Waals surface area contributed by atoms with E-state index >= 15 is 0 Å². The maximum atomic E-state index is 9.27. The standard InChI is InChI=1S/C16H13BrN2/c17-15-5-6-16(14(9-15)10-18)19-8-7-12-3-1-2-4-13(12)11-19/h1-6,9H,7-8,11H2. The van der Waals surface area contributed by atoms with E-state index in [9.17, 15) is 5.26 Å². The highest BCUT2D eigenvalue weighted by Gasteiger charge is 2.18. The van der Waals surface area contributed by atoms with E-state index < -0.39 is 0 Å². The molecular formula is C16H13BrN2. The van der Waals surface area contributed by atoms with Gasteiger partial charge >= 0.3 is 0 Å². The summed E-state index contributed by atoms with van der Waals surface area (Å²) >= 11 is 3.42. The van der Waals surface area contributed by atoms with Crippen LogP contribution in [-0.4, -0.2) is 6.54 Å². The second kappa shape index (κ2) is 5.07. The number of hydrogen-bond donors (Lipinski definition) is 0. The molecule has 19 heavy (non-hydrogen) atoms. The SMILES string of the molecule is N#Cc1cc(Br)ccc1N1CCc2ccccc2C1. The predicted octanol–water partition coefficient (Wildman–Crippen LogP) is 3.88. The number of fused-ring (bicyclic) bond motifs is 1. The van der Waals surface area contributed by atoms with E-state index in [4.69, 9.17) is 0 Å². The van der Waals surface area contributed by atoms with Crippen LogP contribution in [0.15, 0.2) is 46.9 Å². The fourth-order valence-electron chi connectivity index (χ4n) is 2.57. The van der Waals surface area contributed by atoms with Crippen LogP contribution in [0.25, 0.3) is 0 Å². The van der Waals surface area contributed by atoms with Crippen LogP contribution in [0, 0.1) is 11.3 Å². The summed E-state index contributed by atoms with van der Waals surface area (Å²) in [6.45, 7) is 1.85. The second-order valence-corrected chi connectivity index (χ2v) is 5.63. The molecule has 94 valence electrons. The van der Waals surface area contributed by atoms with Crippen LogP contribution in [0.2, 0.25) is 0 Å². The molecule has 0 N–H and O–H groups in total. The topological polar surface area (TPSA) is 27.0 Å². The molecule has 3 heteroatoms. The van der Waals surface area contributed by atoms with E-state index in [-0.39, 0.29) is 0 Å². The predicted molar refractivity (Wildman–Crippen MR) is 80.1 cm³/mol. The fourth-order valence-corrected chi connectivity index (χ4v) is 2.94. The van der Waals surface area contributed by atoms with E-state index in [1.807, 2.05) is 18.2 Å². The molecule has 1 heterocycles. The van der Waals surface area contributed by atoms with Gasteiger partial charge in [-0.25, -0.2) is 0 Å². The van der Waals surface area contributed by atoms with Crippen molar-refractivity contribution in [1.82, 2.24) is 0 Å². The van der Waals surface area contributed by atoms with Gasteiger partial charge in [0.05, 0.1) is 11.3 Å². The molecule has 0 aromatic heterocycles. The molecule has 0 amide bonds. The highest BCUT2D eigenvalue weighted by Crippen LogP contribution is 2.28. The Morgan fingerprint density at radius 3 is 2.68 bits per heavy atom. The summed E-state index contributed by atoms with van der Waals surface area (Å²) in [5.41, 5.74) is 4.55. The zero-order valence-electron chi connectivity index (χ0n) is 10.4. The molecule has 0 bridgehead atoms. The summed E-state index contributed by atoms with van der Waals surface area (Å²) in [4.78, 5) is 2.29. The van der Waals surface area contributed by atoms with Crippen molar-refractivity contribution in [2.45, 2.75) is 13.0 Å². The average Bonchev–Trinajstić information content (AvgIpc) is 2.46. The van der Waals surface area contributed by atoms with Crippen molar-refractivity contribution in [2.75, 3.05) is 11.4 Å². The maximum absolute atomic E-state index is 9.27. The third-order valence-electron chi connectivity index (χ3n) is 3.55. The number of hydrogen-bond acceptors (Lipinski definition) is 2. The molecule has 2 aromatic rings. The van der Waals surface area contributed by atoms with E-state index in [1.54, 1.807) is 0 Å². The zero-order chi connectivity index (χ0) is 13.2. The van der Waals surface area contributed by atoms with Gasteiger partial charge in [0.25, 0.3) is 0 Å². The van der Waals surface area contributed by atoms with Crippen LogP contribution in [0.1, 0.15) is 16.7 Å². The van der Waals surface area contributed by atoms with Crippen molar-refractivity contribution in [3.8, 4) is 6.07 Å². The van der Waals surface area contributed by atoms with Crippen LogP contribution >= 0.6 is 15.9 Å². The normalized spacial score (nSPS) is 13.8. The number of anilines is 1. The van der Waals surface area contributed by atoms with Crippen LogP contribution in [0.4, 0.5) is 5.69 Å². The summed E-state index contributed by atoms with van der Waals surface area (Å²) < 4.78 is 0.949. The molecule has 3 rings (SSSR count). The molecule has 2 nitrogen and oxygen atoms in total. The molecule has 1 aliphatic rings. The summed E-state index contributed by atoms with van der Waals surface area (Å²) in [6, 6.07) is 16.7. The van der Waals surface area contributed by atoms with Crippen molar-refractivity contribution in [1.29, 1.82) is 5.26 Å². The minimum Gasteiger partial charge on any atom is -0.366 e. The number of halogens is 1. The van der Waals surface area contributed by atoms with Gasteiger partial charge in [-0.05, 0) is 35.7 Å². The van der Waals surface area contributed by atoms with Crippen molar-refractivity contribution in [2.24, 2.45) is 0 Å². The van der Waals surface area contributed by atoms with Crippen molar-refractivity contribution < 1.29 is 0 Å². The van der Waals surface area contributed by atoms with Gasteiger partial charge in [0.1, 0.15) is 6.07 Å². The third kappa shape index (κ3) is 2.36. The lowest BCUT2D eigenvalue weighted by molar-refractivity contribution is 0.731. The first-order valence-electron chi connectivity index (χ1n) is 6.29. The molecule has 2 aromatic carbocycles. The lowest BCUT2D eigenvalue weighted by Gasteiger charge is -2.31. The van der Waals surface area contributed by atoms with E-state index in [0.717, 1.165) is 35.2 Å². The smallest absolute Gasteiger partial charge is 0.101 e. The lowest BCUT2D eigenvalue weighted by atomic mass is 9.99. The van der Waals surface area contributed by atoms with E-state index in [0.29, 0.717) is 0 Å². The third-order valence-corrected chi connectivity index (χ3v) is 4.04. The Morgan fingerprint density at radius 2 is 1.89 bits per heavy atom. The van der Waals surface area contributed by atoms with Gasteiger partial charge in [-0.2, -0.15) is 5.26 Å². The van der Waals surface area contributed by atoms with Crippen molar-refractivity contribution >= 4 is 21.6 Å². The van der Waals surface area contributed by atoms with Gasteiger partial charge in [0.2, 0.25) is 0 Å². The lowest BCUT2D eigenvalue weighted by Crippen LogP contribution is -2.30. The Bertz CT molecular complexity index is 658. The second-order valence-electron chi connectivity index (χ2n) is 4.71. The van der Waals surface area contributed by atoms with Gasteiger partial charge in [-0.1, -0.05) is 40.2 Å². The molecule has 0 spiro atoms. The monoisotopic (exact) mass is 312 g/mol. The van der Waals surface area contributed by atoms with Crippen LogP contribution in [-0.2, 0) is 13.0 Å². The molecule has 0 aliphatic carbocycles. The van der Waals surface area contributed by atoms with Gasteiger partial charge in [-0.3, -0.25) is 0 Å². The highest BCUT2D eigenvalue weighted by molar-refractivity contribution is 9.10. The first-order valence-corrected chi connectivity index (χ1v) is 7.08. The summed E-state index contributed by atoms with van der Waals surface area (Å²) in [5.74, 6) is 0. The van der Waals surface area contributed by atoms with Crippen molar-refractivity contribution in [3.63, 3.8) is 0 Å². The summed E-state index contributed by atoms with van der Waals surface area (Å²) in [6.07, 6.45) is 1.04. The fraction of sp³-hybridized carbons (Fsp3) is 0.188. The Labute approximate surface area is 121 Å². The maximum Gasteiger partial charge on any atom is 0.101 e. The van der Waals surface area contributed by atoms with E-state index in [1.165, 1.54) is 11.1 Å². The number of rotatable bonds is 1. The van der Waals surface area contributed by atoms with Gasteiger partial charge < -0.3 is 4.90 Å². The van der Waals surface area contributed by atoms with Gasteiger partial charge in [-0.15, -0.1) is 0 Å². The minimum absolute atomic E-state index is 0.730. The van der Waals surface area contributed by atoms with Crippen LogP contribution in [0.5, 0.6) is 0 Å². The first kappa shape index (κ1) is 12.3. The largest absolute Gasteiger partial charge is 0.366 e. The molecule has 0 fully saturated rings. The molecule has 0 radical (unpaired) electrons. The quantitative estimate of drug-likeness (QED) is 0.799. The molecule has 0 atom stereocenters. The van der Waals surface area contributed by atoms with Crippen LogP contribution in [0.3, 0.4) is 0 Å². The molecule has 1 aliphatic heterocycles. The Kier molecular flexibility index (Phi) is 3.27. The Hall–Kier alpha value is -1.79. The molecule has 0 unspecified atom stereocenters. The Balaban J connectivity index is 1.96. The zero-order valence-corrected chi connectivity index (χ0v) is 12.0. The summed E-state index contributed by atoms with van der Waals surface area (Å²) in [5, 5.41) is 9.27. The highest BCUT2D eigenvalue weighted by atomic mass is 79.9. The molecule has 0 saturated heterocycles. The average molecular weight is 313 g/mol. The number of benzene rings is 2. The van der Waals surface area contributed by atoms with Crippen LogP contribution < -0.4 is 4.90 Å². The number of nitrogens with zero attached hydrogens (tertiary/aromatic N) is 2. The number of nitriles is 1. The minimum atomic E-state index is 0.730. The molecule has 0 saturated carbocycles. The Morgan fingerprint density at radius 1 is 1.11 bits per heavy atom. The first-order chi connectivity index (χ1) is 9.28. The van der Waals surface area contributed by atoms with E-state index in [2.05, 4.69) is 51.2 Å². The summed E-state index contributed by atoms with van der Waals surface area (Å²) in [7, 11) is 0. The van der Waals surface area contributed by atoms with Crippen molar-refractivity contribution in [3.05, 3.63) is 63.6 Å². The van der Waals surface area contributed by atoms with Gasteiger partial charge in [0, 0.05) is 17.6 Å².